The molecule has 15 heavy (non-hydrogen) atoms. The number of hydrogen-bond acceptors (Lipinski definition) is 2. The number of ether oxygens (including phenoxy) is 1. The van der Waals surface area contributed by atoms with Gasteiger partial charge in [-0.3, -0.25) is 0 Å². The van der Waals surface area contributed by atoms with Crippen LogP contribution in [-0.2, 0) is 11.2 Å². The van der Waals surface area contributed by atoms with Crippen LogP contribution in [0.2, 0.25) is 0 Å². The molecular weight excluding hydrogens is 186 g/mol. The Morgan fingerprint density at radius 3 is 2.67 bits per heavy atom. The fourth-order valence-corrected chi connectivity index (χ4v) is 1.45. The molecule has 0 radical (unpaired) electrons. The predicted molar refractivity (Wildman–Crippen MR) is 64.1 cm³/mol. The van der Waals surface area contributed by atoms with Crippen LogP contribution >= 0.6 is 0 Å². The van der Waals surface area contributed by atoms with Crippen molar-refractivity contribution in [1.82, 2.24) is 5.32 Å². The standard InChI is InChI=1S/C13H21NO/c1-12(15-2)11-14-10-6-9-13-7-4-3-5-8-13/h3-5,7-8,12,14H,6,9-11H2,1-2H3. The summed E-state index contributed by atoms with van der Waals surface area (Å²) in [4.78, 5) is 0. The van der Waals surface area contributed by atoms with Crippen LogP contribution in [-0.4, -0.2) is 26.3 Å². The van der Waals surface area contributed by atoms with E-state index in [9.17, 15) is 0 Å². The van der Waals surface area contributed by atoms with Crippen LogP contribution in [0.4, 0.5) is 0 Å². The van der Waals surface area contributed by atoms with Crippen molar-refractivity contribution in [1.29, 1.82) is 0 Å². The Bertz CT molecular complexity index is 248. The average Bonchev–Trinajstić information content (AvgIpc) is 2.29. The van der Waals surface area contributed by atoms with E-state index in [2.05, 4.69) is 42.6 Å². The molecule has 2 heteroatoms. The zero-order valence-electron chi connectivity index (χ0n) is 9.70. The van der Waals surface area contributed by atoms with E-state index >= 15 is 0 Å². The third-order valence-corrected chi connectivity index (χ3v) is 2.50. The van der Waals surface area contributed by atoms with Gasteiger partial charge in [0.05, 0.1) is 6.10 Å². The van der Waals surface area contributed by atoms with Crippen molar-refractivity contribution in [3.8, 4) is 0 Å². The quantitative estimate of drug-likeness (QED) is 0.692. The summed E-state index contributed by atoms with van der Waals surface area (Å²) in [6.45, 7) is 4.07. The molecule has 2 nitrogen and oxygen atoms in total. The normalized spacial score (nSPS) is 12.7. The van der Waals surface area contributed by atoms with Gasteiger partial charge in [-0.15, -0.1) is 0 Å². The Kier molecular flexibility index (Phi) is 6.05. The maximum atomic E-state index is 5.15. The molecule has 0 saturated heterocycles. The molecule has 1 N–H and O–H groups in total. The first kappa shape index (κ1) is 12.2. The molecule has 0 spiro atoms. The van der Waals surface area contributed by atoms with Gasteiger partial charge in [0.25, 0.3) is 0 Å². The van der Waals surface area contributed by atoms with Crippen LogP contribution in [0.15, 0.2) is 30.3 Å². The van der Waals surface area contributed by atoms with Gasteiger partial charge >= 0.3 is 0 Å². The van der Waals surface area contributed by atoms with E-state index in [1.54, 1.807) is 7.11 Å². The lowest BCUT2D eigenvalue weighted by Crippen LogP contribution is -2.26. The van der Waals surface area contributed by atoms with Crippen molar-refractivity contribution in [2.24, 2.45) is 0 Å². The topological polar surface area (TPSA) is 21.3 Å². The number of benzene rings is 1. The summed E-state index contributed by atoms with van der Waals surface area (Å²) >= 11 is 0. The molecule has 1 atom stereocenters. The van der Waals surface area contributed by atoms with E-state index in [0.29, 0.717) is 6.10 Å². The second-order valence-corrected chi connectivity index (χ2v) is 3.84. The maximum absolute atomic E-state index is 5.15. The molecular formula is C13H21NO. The smallest absolute Gasteiger partial charge is 0.0667 e. The summed E-state index contributed by atoms with van der Waals surface area (Å²) in [6, 6.07) is 10.6. The molecule has 0 bridgehead atoms. The van der Waals surface area contributed by atoms with E-state index in [0.717, 1.165) is 19.5 Å². The van der Waals surface area contributed by atoms with Crippen molar-refractivity contribution in [2.75, 3.05) is 20.2 Å². The zero-order valence-corrected chi connectivity index (χ0v) is 9.70. The van der Waals surface area contributed by atoms with Crippen molar-refractivity contribution in [3.05, 3.63) is 35.9 Å². The number of hydrogen-bond donors (Lipinski definition) is 1. The van der Waals surface area contributed by atoms with Crippen molar-refractivity contribution < 1.29 is 4.74 Å². The lowest BCUT2D eigenvalue weighted by atomic mass is 10.1. The van der Waals surface area contributed by atoms with Gasteiger partial charge in [-0.2, -0.15) is 0 Å². The second-order valence-electron chi connectivity index (χ2n) is 3.84. The summed E-state index contributed by atoms with van der Waals surface area (Å²) in [6.07, 6.45) is 2.64. The summed E-state index contributed by atoms with van der Waals surface area (Å²) in [7, 11) is 1.75. The highest BCUT2D eigenvalue weighted by molar-refractivity contribution is 5.14. The molecule has 0 fully saturated rings. The molecule has 1 rings (SSSR count). The first-order valence-corrected chi connectivity index (χ1v) is 5.60. The molecule has 0 amide bonds. The highest BCUT2D eigenvalue weighted by atomic mass is 16.5. The maximum Gasteiger partial charge on any atom is 0.0667 e. The van der Waals surface area contributed by atoms with Gasteiger partial charge < -0.3 is 10.1 Å². The van der Waals surface area contributed by atoms with E-state index in [1.165, 1.54) is 12.0 Å². The first-order valence-electron chi connectivity index (χ1n) is 5.60. The minimum atomic E-state index is 0.307. The molecule has 1 aromatic carbocycles. The second kappa shape index (κ2) is 7.43. The van der Waals surface area contributed by atoms with Gasteiger partial charge in [0.1, 0.15) is 0 Å². The van der Waals surface area contributed by atoms with Crippen molar-refractivity contribution in [2.45, 2.75) is 25.9 Å². The molecule has 0 aliphatic carbocycles. The van der Waals surface area contributed by atoms with Crippen LogP contribution in [0.25, 0.3) is 0 Å². The fraction of sp³-hybridized carbons (Fsp3) is 0.538. The van der Waals surface area contributed by atoms with Gasteiger partial charge in [0.15, 0.2) is 0 Å². The third-order valence-electron chi connectivity index (χ3n) is 2.50. The van der Waals surface area contributed by atoms with Crippen LogP contribution in [0.3, 0.4) is 0 Å². The van der Waals surface area contributed by atoms with Crippen LogP contribution < -0.4 is 5.32 Å². The molecule has 0 heterocycles. The summed E-state index contributed by atoms with van der Waals surface area (Å²) in [5, 5.41) is 3.38. The predicted octanol–water partition coefficient (Wildman–Crippen LogP) is 2.24. The van der Waals surface area contributed by atoms with Gasteiger partial charge in [-0.1, -0.05) is 30.3 Å². The molecule has 0 aromatic heterocycles. The minimum Gasteiger partial charge on any atom is -0.380 e. The number of rotatable bonds is 7. The Morgan fingerprint density at radius 1 is 1.27 bits per heavy atom. The third kappa shape index (κ3) is 5.55. The van der Waals surface area contributed by atoms with Gasteiger partial charge in [0.2, 0.25) is 0 Å². The monoisotopic (exact) mass is 207 g/mol. The van der Waals surface area contributed by atoms with E-state index < -0.39 is 0 Å². The van der Waals surface area contributed by atoms with E-state index in [1.807, 2.05) is 0 Å². The van der Waals surface area contributed by atoms with Crippen molar-refractivity contribution >= 4 is 0 Å². The lowest BCUT2D eigenvalue weighted by Gasteiger charge is -2.10. The fourth-order valence-electron chi connectivity index (χ4n) is 1.45. The average molecular weight is 207 g/mol. The Labute approximate surface area is 92.6 Å². The minimum absolute atomic E-state index is 0.307. The molecule has 0 aliphatic rings. The highest BCUT2D eigenvalue weighted by Crippen LogP contribution is 2.01. The molecule has 1 unspecified atom stereocenters. The summed E-state index contributed by atoms with van der Waals surface area (Å²) in [5.41, 5.74) is 1.42. The zero-order chi connectivity index (χ0) is 10.9. The summed E-state index contributed by atoms with van der Waals surface area (Å²) < 4.78 is 5.15. The molecule has 84 valence electrons. The number of aryl methyl sites for hydroxylation is 1. The van der Waals surface area contributed by atoms with E-state index in [4.69, 9.17) is 4.74 Å². The SMILES string of the molecule is COC(C)CNCCCc1ccccc1. The van der Waals surface area contributed by atoms with Crippen LogP contribution in [0.5, 0.6) is 0 Å². The van der Waals surface area contributed by atoms with E-state index in [-0.39, 0.29) is 0 Å². The van der Waals surface area contributed by atoms with Gasteiger partial charge in [0, 0.05) is 13.7 Å². The lowest BCUT2D eigenvalue weighted by molar-refractivity contribution is 0.117. The van der Waals surface area contributed by atoms with Crippen LogP contribution in [0, 0.1) is 0 Å². The van der Waals surface area contributed by atoms with Crippen molar-refractivity contribution in [3.63, 3.8) is 0 Å². The summed E-state index contributed by atoms with van der Waals surface area (Å²) in [5.74, 6) is 0. The Morgan fingerprint density at radius 2 is 2.00 bits per heavy atom. The van der Waals surface area contributed by atoms with Gasteiger partial charge in [-0.05, 0) is 31.9 Å². The number of methoxy groups -OCH3 is 1. The van der Waals surface area contributed by atoms with Crippen LogP contribution in [0.1, 0.15) is 18.9 Å². The molecule has 1 aromatic rings. The molecule has 0 saturated carbocycles. The Balaban J connectivity index is 2.03. The Hall–Kier alpha value is -0.860. The number of nitrogens with one attached hydrogen (secondary N) is 1. The molecule has 0 aliphatic heterocycles. The largest absolute Gasteiger partial charge is 0.380 e. The highest BCUT2D eigenvalue weighted by Gasteiger charge is 1.97. The first-order chi connectivity index (χ1) is 7.33. The van der Waals surface area contributed by atoms with Gasteiger partial charge in [-0.25, -0.2) is 0 Å².